The summed E-state index contributed by atoms with van der Waals surface area (Å²) in [5.74, 6) is -1.35. The Morgan fingerprint density at radius 2 is 2.42 bits per heavy atom. The van der Waals surface area contributed by atoms with E-state index in [1.54, 1.807) is 0 Å². The first kappa shape index (κ1) is 10.5. The number of hydrogen-bond donors (Lipinski definition) is 0. The van der Waals surface area contributed by atoms with Crippen molar-refractivity contribution in [1.29, 1.82) is 0 Å². The quantitative estimate of drug-likeness (QED) is 0.414. The molecule has 1 fully saturated rings. The fraction of sp³-hybridized carbons (Fsp3) is 0.200. The number of fused-ring (bicyclic) bond motifs is 1. The van der Waals surface area contributed by atoms with Crippen LogP contribution < -0.4 is 56.5 Å². The van der Waals surface area contributed by atoms with Crippen molar-refractivity contribution < 1.29 is 70.8 Å². The van der Waals surface area contributed by atoms with Gasteiger partial charge in [0.2, 0.25) is 5.56 Å². The molecule has 0 N–H and O–H groups in total. The summed E-state index contributed by atoms with van der Waals surface area (Å²) in [5, 5.41) is 11.6. The molecule has 0 radical (unpaired) electrons. The van der Waals surface area contributed by atoms with Gasteiger partial charge in [-0.3, -0.25) is 0 Å². The van der Waals surface area contributed by atoms with Gasteiger partial charge in [-0.25, -0.2) is 9.69 Å². The van der Waals surface area contributed by atoms with Crippen molar-refractivity contribution in [3.63, 3.8) is 0 Å². The monoisotopic (exact) mass is 211 g/mol. The summed E-state index contributed by atoms with van der Waals surface area (Å²) >= 11 is 1.13. The number of rotatable bonds is 1. The number of amides is 1. The van der Waals surface area contributed by atoms with E-state index in [1.807, 2.05) is 0 Å². The van der Waals surface area contributed by atoms with E-state index in [1.165, 1.54) is 5.41 Å². The van der Waals surface area contributed by atoms with Crippen molar-refractivity contribution in [3.05, 3.63) is 11.1 Å². The second-order valence-corrected chi connectivity index (χ2v) is 2.90. The van der Waals surface area contributed by atoms with Crippen LogP contribution in [0.4, 0.5) is 4.79 Å². The van der Waals surface area contributed by atoms with Crippen molar-refractivity contribution in [2.75, 3.05) is 0 Å². The predicted molar refractivity (Wildman–Crippen MR) is 32.8 cm³/mol. The molecule has 1 atom stereocenters. The van der Waals surface area contributed by atoms with Crippen LogP contribution in [-0.2, 0) is 9.53 Å². The van der Waals surface area contributed by atoms with E-state index in [2.05, 4.69) is 4.74 Å². The van der Waals surface area contributed by atoms with Crippen LogP contribution in [0.3, 0.4) is 0 Å². The minimum atomic E-state index is -1.35. The smallest absolute Gasteiger partial charge is 0.543 e. The fourth-order valence-electron chi connectivity index (χ4n) is 0.859. The zero-order chi connectivity index (χ0) is 8.01. The Morgan fingerprint density at radius 3 is 2.83 bits per heavy atom. The third kappa shape index (κ3) is 1.45. The molecule has 0 unspecified atom stereocenters. The number of carboxylic acids is 1. The topological polar surface area (TPSA) is 69.7 Å². The summed E-state index contributed by atoms with van der Waals surface area (Å²) in [6, 6.07) is 0. The molecule has 0 aliphatic carbocycles. The van der Waals surface area contributed by atoms with Crippen molar-refractivity contribution >= 4 is 23.8 Å². The van der Waals surface area contributed by atoms with Crippen LogP contribution in [0.1, 0.15) is 0 Å². The van der Waals surface area contributed by atoms with Crippen LogP contribution in [0.5, 0.6) is 0 Å². The first-order chi connectivity index (χ1) is 5.20. The Morgan fingerprint density at radius 1 is 1.75 bits per heavy atom. The third-order valence-corrected chi connectivity index (χ3v) is 2.27. The molecule has 2 aliphatic rings. The van der Waals surface area contributed by atoms with E-state index in [-0.39, 0.29) is 57.1 Å². The summed E-state index contributed by atoms with van der Waals surface area (Å²) in [6.07, 6.45) is -0.629. The normalized spacial score (nSPS) is 24.7. The second-order valence-electron chi connectivity index (χ2n) is 1.99. The number of carbonyl (C=O) groups excluding carboxylic acids is 2. The number of hydrogen-bond acceptors (Lipinski definition) is 5. The van der Waals surface area contributed by atoms with Crippen LogP contribution in [0.15, 0.2) is 11.1 Å². The van der Waals surface area contributed by atoms with Gasteiger partial charge >= 0.3 is 57.5 Å². The van der Waals surface area contributed by atoms with Crippen molar-refractivity contribution in [2.45, 2.75) is 5.56 Å². The predicted octanol–water partition coefficient (Wildman–Crippen LogP) is -3.94. The Bertz CT molecular complexity index is 279. The van der Waals surface area contributed by atoms with E-state index >= 15 is 0 Å². The maximum absolute atomic E-state index is 10.6. The zero-order valence-corrected chi connectivity index (χ0v) is 10.1. The number of nitrogens with zero attached hydrogens (tertiary/aromatic N) is 1. The average molecular weight is 211 g/mol. The maximum atomic E-state index is 10.6. The summed E-state index contributed by atoms with van der Waals surface area (Å²) in [4.78, 5) is 21.9. The molecule has 12 heavy (non-hydrogen) atoms. The third-order valence-electron chi connectivity index (χ3n) is 1.37. The summed E-state index contributed by atoms with van der Waals surface area (Å²) < 4.78 is 4.55. The molecule has 0 bridgehead atoms. The van der Waals surface area contributed by atoms with Crippen molar-refractivity contribution in [2.24, 2.45) is 0 Å². The van der Waals surface area contributed by atoms with Crippen molar-refractivity contribution in [1.82, 2.24) is 4.90 Å². The standard InChI is InChI=1S/C5H3NO4S.K/c7-3(8)2-1-11-5-6(2)4(9)10-5;/h1,5H,(H,7,8);/q;+1/p-1/t5-;/m0./s1. The van der Waals surface area contributed by atoms with Gasteiger partial charge < -0.3 is 14.6 Å². The molecule has 58 valence electrons. The van der Waals surface area contributed by atoms with Gasteiger partial charge in [-0.15, -0.1) is 0 Å². The van der Waals surface area contributed by atoms with Gasteiger partial charge in [0.15, 0.2) is 0 Å². The Labute approximate surface area is 115 Å². The summed E-state index contributed by atoms with van der Waals surface area (Å²) in [7, 11) is 0. The summed E-state index contributed by atoms with van der Waals surface area (Å²) in [6.45, 7) is 0. The van der Waals surface area contributed by atoms with E-state index in [9.17, 15) is 14.7 Å². The number of carboxylic acid groups (broad SMARTS) is 1. The van der Waals surface area contributed by atoms with Crippen molar-refractivity contribution in [3.8, 4) is 0 Å². The van der Waals surface area contributed by atoms with Gasteiger partial charge in [-0.05, 0) is 0 Å². The molecule has 0 aromatic carbocycles. The van der Waals surface area contributed by atoms with Crippen LogP contribution in [-0.4, -0.2) is 22.5 Å². The molecular weight excluding hydrogens is 209 g/mol. The molecule has 0 saturated carbocycles. The SMILES string of the molecule is O=C([O-])C1=CS[C@@H]2OC(=O)N12.[K+]. The van der Waals surface area contributed by atoms with Gasteiger partial charge in [-0.2, -0.15) is 0 Å². The minimum absolute atomic E-state index is 0. The molecule has 0 spiro atoms. The molecule has 7 heteroatoms. The first-order valence-corrected chi connectivity index (χ1v) is 3.71. The molecular formula is C5H2KNO4S. The van der Waals surface area contributed by atoms with Crippen LogP contribution >= 0.6 is 11.8 Å². The molecule has 2 heterocycles. The molecule has 1 amide bonds. The minimum Gasteiger partial charge on any atom is -0.543 e. The fourth-order valence-corrected chi connectivity index (χ4v) is 1.77. The van der Waals surface area contributed by atoms with E-state index < -0.39 is 17.6 Å². The Balaban J connectivity index is 0.000000720. The average Bonchev–Trinajstić information content (AvgIpc) is 2.25. The maximum Gasteiger partial charge on any atom is 1.00 e. The number of carbonyl (C=O) groups is 2. The molecule has 2 rings (SSSR count). The number of ether oxygens (including phenoxy) is 1. The Hall–Kier alpha value is 0.466. The molecule has 0 aromatic heterocycles. The van der Waals surface area contributed by atoms with Gasteiger partial charge in [-0.1, -0.05) is 11.8 Å². The summed E-state index contributed by atoms with van der Waals surface area (Å²) in [5.41, 5.74) is -0.591. The number of thioether (sulfide) groups is 1. The van der Waals surface area contributed by atoms with Crippen LogP contribution in [0.25, 0.3) is 0 Å². The van der Waals surface area contributed by atoms with Gasteiger partial charge in [0.1, 0.15) is 0 Å². The second kappa shape index (κ2) is 3.68. The number of aliphatic carboxylic acids is 1. The molecule has 1 saturated heterocycles. The van der Waals surface area contributed by atoms with E-state index in [0.717, 1.165) is 16.7 Å². The first-order valence-electron chi connectivity index (χ1n) is 2.77. The molecule has 0 aromatic rings. The van der Waals surface area contributed by atoms with Gasteiger partial charge in [0, 0.05) is 5.41 Å². The zero-order valence-electron chi connectivity index (χ0n) is 6.14. The van der Waals surface area contributed by atoms with Crippen LogP contribution in [0, 0.1) is 0 Å². The molecule has 5 nitrogen and oxygen atoms in total. The Kier molecular flexibility index (Phi) is 3.24. The van der Waals surface area contributed by atoms with E-state index in [4.69, 9.17) is 0 Å². The molecule has 2 aliphatic heterocycles. The van der Waals surface area contributed by atoms with Gasteiger partial charge in [0.25, 0.3) is 0 Å². The van der Waals surface area contributed by atoms with Gasteiger partial charge in [0.05, 0.1) is 11.7 Å². The van der Waals surface area contributed by atoms with E-state index in [0.29, 0.717) is 0 Å². The largest absolute Gasteiger partial charge is 1.00 e. The van der Waals surface area contributed by atoms with Crippen LogP contribution in [0.2, 0.25) is 0 Å².